The summed E-state index contributed by atoms with van der Waals surface area (Å²) in [6.45, 7) is 2.15. The number of hydrogen-bond donors (Lipinski definition) is 0. The summed E-state index contributed by atoms with van der Waals surface area (Å²) >= 11 is 2.61. The van der Waals surface area contributed by atoms with Gasteiger partial charge in [-0.05, 0) is 19.8 Å². The fourth-order valence-electron chi connectivity index (χ4n) is 2.77. The molecule has 3 atom stereocenters. The molecule has 3 unspecified atom stereocenters. The van der Waals surface area contributed by atoms with Crippen LogP contribution in [0.5, 0.6) is 0 Å². The minimum atomic E-state index is 0.614. The highest BCUT2D eigenvalue weighted by Crippen LogP contribution is 2.35. The molecule has 1 aliphatic heterocycles. The third-order valence-electron chi connectivity index (χ3n) is 3.87. The van der Waals surface area contributed by atoms with Crippen LogP contribution in [0.1, 0.15) is 45.4 Å². The van der Waals surface area contributed by atoms with E-state index in [0.717, 1.165) is 5.92 Å². The maximum absolute atomic E-state index is 4.88. The Morgan fingerprint density at radius 1 is 1.20 bits per heavy atom. The minimum Gasteiger partial charge on any atom is -0.351 e. The van der Waals surface area contributed by atoms with Crippen molar-refractivity contribution in [3.8, 4) is 0 Å². The zero-order valence-corrected chi connectivity index (χ0v) is 11.9. The SMILES string of the molecule is CC1=NC2CCCCCCC2C(I)N1C. The number of rotatable bonds is 0. The van der Waals surface area contributed by atoms with Crippen molar-refractivity contribution in [3.63, 3.8) is 0 Å². The Labute approximate surface area is 107 Å². The molecule has 0 amide bonds. The van der Waals surface area contributed by atoms with E-state index < -0.39 is 0 Å². The van der Waals surface area contributed by atoms with Crippen LogP contribution in [0, 0.1) is 5.92 Å². The normalized spacial score (nSPS) is 37.7. The quantitative estimate of drug-likeness (QED) is 0.379. The lowest BCUT2D eigenvalue weighted by molar-refractivity contribution is 0.244. The van der Waals surface area contributed by atoms with Crippen LogP contribution in [0.25, 0.3) is 0 Å². The maximum Gasteiger partial charge on any atom is 0.0967 e. The van der Waals surface area contributed by atoms with E-state index in [2.05, 4.69) is 41.5 Å². The second-order valence-electron chi connectivity index (χ2n) is 4.88. The molecule has 0 saturated heterocycles. The van der Waals surface area contributed by atoms with Gasteiger partial charge in [0.05, 0.1) is 15.9 Å². The van der Waals surface area contributed by atoms with Crippen molar-refractivity contribution < 1.29 is 0 Å². The van der Waals surface area contributed by atoms with Crippen molar-refractivity contribution in [2.24, 2.45) is 10.9 Å². The number of alkyl halides is 1. The molecule has 86 valence electrons. The molecule has 0 aromatic rings. The lowest BCUT2D eigenvalue weighted by Crippen LogP contribution is -2.46. The van der Waals surface area contributed by atoms with E-state index in [1.165, 1.54) is 44.4 Å². The van der Waals surface area contributed by atoms with Crippen molar-refractivity contribution in [1.29, 1.82) is 0 Å². The molecule has 1 saturated carbocycles. The van der Waals surface area contributed by atoms with E-state index in [1.54, 1.807) is 0 Å². The van der Waals surface area contributed by atoms with Gasteiger partial charge in [-0.25, -0.2) is 0 Å². The first kappa shape index (κ1) is 11.7. The summed E-state index contributed by atoms with van der Waals surface area (Å²) in [7, 11) is 2.19. The van der Waals surface area contributed by atoms with Gasteiger partial charge in [-0.2, -0.15) is 0 Å². The fourth-order valence-corrected chi connectivity index (χ4v) is 4.01. The van der Waals surface area contributed by atoms with E-state index in [-0.39, 0.29) is 0 Å². The Kier molecular flexibility index (Phi) is 3.91. The highest BCUT2D eigenvalue weighted by atomic mass is 127. The summed E-state index contributed by atoms with van der Waals surface area (Å²) in [6.07, 6.45) is 8.32. The smallest absolute Gasteiger partial charge is 0.0967 e. The molecule has 2 aliphatic rings. The maximum atomic E-state index is 4.88. The first-order valence-corrected chi connectivity index (χ1v) is 7.36. The lowest BCUT2D eigenvalue weighted by Gasteiger charge is -2.41. The van der Waals surface area contributed by atoms with Gasteiger partial charge in [0.15, 0.2) is 0 Å². The molecule has 15 heavy (non-hydrogen) atoms. The highest BCUT2D eigenvalue weighted by Gasteiger charge is 2.34. The molecule has 1 fully saturated rings. The Balaban J connectivity index is 2.15. The van der Waals surface area contributed by atoms with Gasteiger partial charge in [0.2, 0.25) is 0 Å². The van der Waals surface area contributed by atoms with Crippen LogP contribution in [0.3, 0.4) is 0 Å². The summed E-state index contributed by atoms with van der Waals surface area (Å²) in [5.41, 5.74) is 0. The molecule has 0 aromatic carbocycles. The molecular weight excluding hydrogens is 299 g/mol. The summed E-state index contributed by atoms with van der Waals surface area (Å²) in [6, 6.07) is 0.614. The first-order chi connectivity index (χ1) is 7.20. The molecule has 1 aliphatic carbocycles. The molecule has 0 bridgehead atoms. The summed E-state index contributed by atoms with van der Waals surface area (Å²) < 4.78 is 0.656. The van der Waals surface area contributed by atoms with Crippen molar-refractivity contribution in [3.05, 3.63) is 0 Å². The molecule has 3 heteroatoms. The first-order valence-electron chi connectivity index (χ1n) is 6.11. The van der Waals surface area contributed by atoms with E-state index in [9.17, 15) is 0 Å². The Bertz CT molecular complexity index is 252. The van der Waals surface area contributed by atoms with Gasteiger partial charge in [0, 0.05) is 13.0 Å². The van der Waals surface area contributed by atoms with Crippen molar-refractivity contribution in [1.82, 2.24) is 4.90 Å². The van der Waals surface area contributed by atoms with Crippen LogP contribution >= 0.6 is 22.6 Å². The largest absolute Gasteiger partial charge is 0.351 e. The molecular formula is C12H21IN2. The number of amidine groups is 1. The third-order valence-corrected chi connectivity index (χ3v) is 5.63. The number of fused-ring (bicyclic) bond motifs is 1. The molecule has 0 spiro atoms. The van der Waals surface area contributed by atoms with Crippen molar-refractivity contribution in [2.75, 3.05) is 7.05 Å². The van der Waals surface area contributed by atoms with Gasteiger partial charge < -0.3 is 4.90 Å². The van der Waals surface area contributed by atoms with Crippen LogP contribution in [0.4, 0.5) is 0 Å². The highest BCUT2D eigenvalue weighted by molar-refractivity contribution is 14.1. The Morgan fingerprint density at radius 2 is 1.87 bits per heavy atom. The summed E-state index contributed by atoms with van der Waals surface area (Å²) in [5.74, 6) is 2.02. The van der Waals surface area contributed by atoms with Gasteiger partial charge in [-0.1, -0.05) is 48.3 Å². The second-order valence-corrected chi connectivity index (χ2v) is 6.16. The summed E-state index contributed by atoms with van der Waals surface area (Å²) in [4.78, 5) is 7.23. The van der Waals surface area contributed by atoms with E-state index in [0.29, 0.717) is 10.1 Å². The number of halogens is 1. The second kappa shape index (κ2) is 5.02. The lowest BCUT2D eigenvalue weighted by atomic mass is 9.85. The predicted molar refractivity (Wildman–Crippen MR) is 73.7 cm³/mol. The minimum absolute atomic E-state index is 0.614. The molecule has 0 N–H and O–H groups in total. The zero-order valence-electron chi connectivity index (χ0n) is 9.75. The van der Waals surface area contributed by atoms with E-state index in [4.69, 9.17) is 4.99 Å². The van der Waals surface area contributed by atoms with Crippen molar-refractivity contribution >= 4 is 28.4 Å². The molecule has 2 nitrogen and oxygen atoms in total. The van der Waals surface area contributed by atoms with E-state index >= 15 is 0 Å². The van der Waals surface area contributed by atoms with Crippen LogP contribution < -0.4 is 0 Å². The molecule has 0 radical (unpaired) electrons. The van der Waals surface area contributed by atoms with E-state index in [1.807, 2.05) is 0 Å². The van der Waals surface area contributed by atoms with Crippen LogP contribution in [-0.2, 0) is 0 Å². The average molecular weight is 320 g/mol. The topological polar surface area (TPSA) is 15.6 Å². The van der Waals surface area contributed by atoms with Crippen LogP contribution in [-0.4, -0.2) is 27.9 Å². The number of nitrogens with zero attached hydrogens (tertiary/aromatic N) is 2. The number of hydrogen-bond acceptors (Lipinski definition) is 2. The number of aliphatic imine (C=N–C) groups is 1. The fraction of sp³-hybridized carbons (Fsp3) is 0.917. The predicted octanol–water partition coefficient (Wildman–Crippen LogP) is 3.45. The van der Waals surface area contributed by atoms with Gasteiger partial charge in [0.1, 0.15) is 0 Å². The van der Waals surface area contributed by atoms with Gasteiger partial charge in [-0.3, -0.25) is 4.99 Å². The van der Waals surface area contributed by atoms with Gasteiger partial charge in [0.25, 0.3) is 0 Å². The molecule has 2 rings (SSSR count). The Morgan fingerprint density at radius 3 is 2.60 bits per heavy atom. The Hall–Kier alpha value is 0.200. The monoisotopic (exact) mass is 320 g/mol. The zero-order chi connectivity index (χ0) is 10.8. The molecule has 0 aromatic heterocycles. The van der Waals surface area contributed by atoms with Crippen LogP contribution in [0.2, 0.25) is 0 Å². The van der Waals surface area contributed by atoms with Crippen molar-refractivity contribution in [2.45, 2.75) is 55.5 Å². The summed E-state index contributed by atoms with van der Waals surface area (Å²) in [5, 5.41) is 0. The van der Waals surface area contributed by atoms with Crippen LogP contribution in [0.15, 0.2) is 4.99 Å². The molecule has 1 heterocycles. The average Bonchev–Trinajstić information content (AvgIpc) is 2.18. The third kappa shape index (κ3) is 2.48. The van der Waals surface area contributed by atoms with Gasteiger partial charge >= 0.3 is 0 Å². The van der Waals surface area contributed by atoms with Gasteiger partial charge in [-0.15, -0.1) is 0 Å². The standard InChI is InChI=1S/C12H21IN2/c1-9-14-11-8-6-4-3-5-7-10(11)12(13)15(9)2/h10-12H,3-8H2,1-2H3.